The van der Waals surface area contributed by atoms with Crippen molar-refractivity contribution in [1.29, 1.82) is 0 Å². The second kappa shape index (κ2) is 20.1. The van der Waals surface area contributed by atoms with Gasteiger partial charge in [0, 0.05) is 0 Å². The Labute approximate surface area is 28.0 Å². The van der Waals surface area contributed by atoms with Crippen LogP contribution < -0.4 is 0 Å². The second-order valence-electron chi connectivity index (χ2n) is 0.224. The van der Waals surface area contributed by atoms with Gasteiger partial charge in [0.2, 0.25) is 7.05 Å². The van der Waals surface area contributed by atoms with E-state index in [1.165, 1.54) is 7.05 Å². The first kappa shape index (κ1) is 9.60. The van der Waals surface area contributed by atoms with Gasteiger partial charge in [0.1, 0.15) is 0 Å². The fraction of sp³-hybridized carbons (Fsp3) is 0.500. The molecular weight excluding hydrogens is 48.8 g/mol. The van der Waals surface area contributed by atoms with E-state index in [4.69, 9.17) is 6.57 Å². The zero-order chi connectivity index (χ0) is 2.71. The van der Waals surface area contributed by atoms with Gasteiger partial charge in [-0.15, -0.1) is 0 Å². The lowest BCUT2D eigenvalue weighted by Gasteiger charge is -1.30. The van der Waals surface area contributed by atoms with E-state index in [1.54, 1.807) is 0 Å². The van der Waals surface area contributed by atoms with Crippen LogP contribution in [0.4, 0.5) is 0 Å². The third kappa shape index (κ3) is 2.42. The molecule has 0 atom stereocenters. The molecule has 0 aromatic rings. The summed E-state index contributed by atoms with van der Waals surface area (Å²) in [6, 6.07) is 0. The van der Waals surface area contributed by atoms with Crippen LogP contribution in [0.15, 0.2) is 0 Å². The Morgan fingerprint density at radius 3 is 1.75 bits per heavy atom. The zero-order valence-corrected chi connectivity index (χ0v) is 1.95. The van der Waals surface area contributed by atoms with E-state index in [1.807, 2.05) is 0 Å². The van der Waals surface area contributed by atoms with Crippen molar-refractivity contribution in [3.05, 3.63) is 11.4 Å². The molecule has 22 valence electrons. The van der Waals surface area contributed by atoms with Crippen LogP contribution in [-0.4, -0.2) is 15.5 Å². The first-order valence-corrected chi connectivity index (χ1v) is 0.671. The topological polar surface area (TPSA) is 4.36 Å². The number of hydrogen-bond acceptors (Lipinski definition) is 0. The highest BCUT2D eigenvalue weighted by Gasteiger charge is 1.08. The SMILES string of the molecule is B.[C-]#[N+]C. The summed E-state index contributed by atoms with van der Waals surface area (Å²) in [7, 11) is 1.42. The van der Waals surface area contributed by atoms with Gasteiger partial charge in [-0.1, -0.05) is 0 Å². The van der Waals surface area contributed by atoms with E-state index >= 15 is 0 Å². The molecule has 4 heavy (non-hydrogen) atoms. The summed E-state index contributed by atoms with van der Waals surface area (Å²) < 4.78 is 0. The third-order valence-corrected chi connectivity index (χ3v) is 0. The standard InChI is InChI=1S/C2H3N.BH3/c1-3-2;/h1H3;1H3. The van der Waals surface area contributed by atoms with Crippen LogP contribution in [0.1, 0.15) is 0 Å². The minimum atomic E-state index is 0. The van der Waals surface area contributed by atoms with Crippen molar-refractivity contribution in [3.63, 3.8) is 0 Å². The highest BCUT2D eigenvalue weighted by atomic mass is 14.5. The summed E-state index contributed by atoms with van der Waals surface area (Å²) >= 11 is 0. The summed E-state index contributed by atoms with van der Waals surface area (Å²) in [5.41, 5.74) is 0. The normalized spacial score (nSPS) is 2.00. The van der Waals surface area contributed by atoms with E-state index in [-0.39, 0.29) is 8.41 Å². The van der Waals surface area contributed by atoms with Crippen LogP contribution in [0.3, 0.4) is 0 Å². The maximum atomic E-state index is 5.83. The molecule has 0 unspecified atom stereocenters. The molecule has 0 saturated carbocycles. The Kier molecular flexibility index (Phi) is 48.1. The molecule has 0 aliphatic carbocycles. The lowest BCUT2D eigenvalue weighted by molar-refractivity contribution is 1.92. The van der Waals surface area contributed by atoms with Crippen LogP contribution in [0, 0.1) is 6.57 Å². The predicted molar refractivity (Wildman–Crippen MR) is 22.5 cm³/mol. The van der Waals surface area contributed by atoms with Gasteiger partial charge in [0.15, 0.2) is 0 Å². The molecule has 0 rings (SSSR count). The number of rotatable bonds is 0. The Morgan fingerprint density at radius 1 is 1.75 bits per heavy atom. The Hall–Kier alpha value is -0.445. The monoisotopic (exact) mass is 55.1 g/mol. The fourth-order valence-electron chi connectivity index (χ4n) is 0. The van der Waals surface area contributed by atoms with Crippen LogP contribution in [0.25, 0.3) is 4.85 Å². The van der Waals surface area contributed by atoms with E-state index in [0.29, 0.717) is 0 Å². The van der Waals surface area contributed by atoms with Gasteiger partial charge in [-0.3, -0.25) is 0 Å². The average Bonchev–Trinajstić information content (AvgIpc) is 0.918. The molecule has 0 amide bonds. The van der Waals surface area contributed by atoms with Gasteiger partial charge in [-0.05, 0) is 0 Å². The summed E-state index contributed by atoms with van der Waals surface area (Å²) in [6.07, 6.45) is 0. The summed E-state index contributed by atoms with van der Waals surface area (Å²) in [6.45, 7) is 5.83. The van der Waals surface area contributed by atoms with E-state index in [9.17, 15) is 0 Å². The van der Waals surface area contributed by atoms with Crippen molar-refractivity contribution >= 4 is 8.41 Å². The van der Waals surface area contributed by atoms with Crippen LogP contribution in [0.5, 0.6) is 0 Å². The lowest BCUT2D eigenvalue weighted by Crippen LogP contribution is -1.10. The van der Waals surface area contributed by atoms with Crippen molar-refractivity contribution in [2.75, 3.05) is 7.05 Å². The van der Waals surface area contributed by atoms with Crippen LogP contribution >= 0.6 is 0 Å². The molecule has 0 N–H and O–H groups in total. The van der Waals surface area contributed by atoms with Crippen molar-refractivity contribution in [3.8, 4) is 0 Å². The summed E-state index contributed by atoms with van der Waals surface area (Å²) in [5.74, 6) is 0. The van der Waals surface area contributed by atoms with Gasteiger partial charge >= 0.3 is 0 Å². The molecule has 0 aliphatic heterocycles. The van der Waals surface area contributed by atoms with Crippen molar-refractivity contribution in [1.82, 2.24) is 0 Å². The first-order chi connectivity index (χ1) is 1.41. The average molecular weight is 54.9 g/mol. The maximum Gasteiger partial charge on any atom is 0.205 e. The molecular formula is C2H6BN. The van der Waals surface area contributed by atoms with Gasteiger partial charge in [-0.25, -0.2) is 6.57 Å². The molecule has 0 heterocycles. The molecule has 0 aliphatic rings. The number of nitrogens with zero attached hydrogens (tertiary/aromatic N) is 1. The minimum Gasteiger partial charge on any atom is -0.320 e. The molecule has 0 radical (unpaired) electrons. The summed E-state index contributed by atoms with van der Waals surface area (Å²) in [4.78, 5) is 2.75. The quantitative estimate of drug-likeness (QED) is 0.256. The molecule has 0 fully saturated rings. The van der Waals surface area contributed by atoms with Crippen molar-refractivity contribution < 1.29 is 0 Å². The molecule has 0 bridgehead atoms. The third-order valence-electron chi connectivity index (χ3n) is 0. The Morgan fingerprint density at radius 2 is 1.75 bits per heavy atom. The van der Waals surface area contributed by atoms with Crippen LogP contribution in [-0.2, 0) is 0 Å². The van der Waals surface area contributed by atoms with Gasteiger partial charge in [0.25, 0.3) is 0 Å². The fourth-order valence-corrected chi connectivity index (χ4v) is 0. The molecule has 0 spiro atoms. The Balaban J connectivity index is 0. The smallest absolute Gasteiger partial charge is 0.205 e. The Bertz CT molecular complexity index is 27.5. The molecule has 1 nitrogen and oxygen atoms in total. The maximum absolute atomic E-state index is 5.83. The molecule has 0 aromatic heterocycles. The van der Waals surface area contributed by atoms with Gasteiger partial charge in [-0.2, -0.15) is 0 Å². The highest BCUT2D eigenvalue weighted by molar-refractivity contribution is 5.75. The predicted octanol–water partition coefficient (Wildman–Crippen LogP) is -0.648. The largest absolute Gasteiger partial charge is 0.320 e. The second-order valence-corrected chi connectivity index (χ2v) is 0.224. The molecule has 2 heteroatoms. The van der Waals surface area contributed by atoms with Gasteiger partial charge in [0.05, 0.1) is 8.41 Å². The minimum absolute atomic E-state index is 0. The summed E-state index contributed by atoms with van der Waals surface area (Å²) in [5, 5.41) is 0. The van der Waals surface area contributed by atoms with E-state index in [2.05, 4.69) is 4.85 Å². The highest BCUT2D eigenvalue weighted by Crippen LogP contribution is 1.26. The zero-order valence-electron chi connectivity index (χ0n) is 1.95. The van der Waals surface area contributed by atoms with E-state index in [0.717, 1.165) is 0 Å². The van der Waals surface area contributed by atoms with Crippen molar-refractivity contribution in [2.45, 2.75) is 0 Å². The molecule has 0 aromatic carbocycles. The number of hydrogen-bond donors (Lipinski definition) is 0. The van der Waals surface area contributed by atoms with Gasteiger partial charge < -0.3 is 4.85 Å². The van der Waals surface area contributed by atoms with Crippen molar-refractivity contribution in [2.24, 2.45) is 0 Å². The first-order valence-electron chi connectivity index (χ1n) is 0.671. The molecule has 0 saturated heterocycles. The lowest BCUT2D eigenvalue weighted by atomic mass is 10.8. The van der Waals surface area contributed by atoms with Crippen LogP contribution in [0.2, 0.25) is 0 Å². The van der Waals surface area contributed by atoms with E-state index < -0.39 is 0 Å².